The SMILES string of the molecule is CC(=O)c1ccc2c(c1)C1C=CCC1C(c1ccccc1F)N2. The second-order valence-electron chi connectivity index (χ2n) is 6.36. The number of hydrogen-bond donors (Lipinski definition) is 1. The zero-order valence-corrected chi connectivity index (χ0v) is 12.9. The number of halogens is 1. The molecule has 2 aromatic rings. The maximum absolute atomic E-state index is 14.3. The summed E-state index contributed by atoms with van der Waals surface area (Å²) in [5, 5.41) is 3.50. The molecule has 1 aliphatic heterocycles. The van der Waals surface area contributed by atoms with Crippen molar-refractivity contribution in [1.82, 2.24) is 0 Å². The van der Waals surface area contributed by atoms with Crippen LogP contribution in [0.5, 0.6) is 0 Å². The summed E-state index contributed by atoms with van der Waals surface area (Å²) in [6.07, 6.45) is 5.28. The second-order valence-corrected chi connectivity index (χ2v) is 6.36. The average Bonchev–Trinajstić information content (AvgIpc) is 3.04. The number of ketones is 1. The molecular formula is C20H18FNO. The van der Waals surface area contributed by atoms with E-state index in [1.54, 1.807) is 13.0 Å². The van der Waals surface area contributed by atoms with E-state index in [2.05, 4.69) is 17.5 Å². The lowest BCUT2D eigenvalue weighted by Gasteiger charge is -2.37. The third kappa shape index (κ3) is 2.27. The quantitative estimate of drug-likeness (QED) is 0.634. The summed E-state index contributed by atoms with van der Waals surface area (Å²) in [7, 11) is 0. The van der Waals surface area contributed by atoms with Crippen LogP contribution in [0.4, 0.5) is 10.1 Å². The number of benzene rings is 2. The van der Waals surface area contributed by atoms with Crippen LogP contribution in [0.2, 0.25) is 0 Å². The molecule has 0 radical (unpaired) electrons. The lowest BCUT2D eigenvalue weighted by molar-refractivity contribution is 0.101. The van der Waals surface area contributed by atoms with Gasteiger partial charge in [-0.15, -0.1) is 0 Å². The molecule has 0 spiro atoms. The number of fused-ring (bicyclic) bond motifs is 3. The van der Waals surface area contributed by atoms with Gasteiger partial charge in [0.25, 0.3) is 0 Å². The van der Waals surface area contributed by atoms with Crippen LogP contribution in [0, 0.1) is 11.7 Å². The number of allylic oxidation sites excluding steroid dienone is 2. The Labute approximate surface area is 135 Å². The van der Waals surface area contributed by atoms with E-state index in [9.17, 15) is 9.18 Å². The van der Waals surface area contributed by atoms with E-state index in [-0.39, 0.29) is 29.5 Å². The van der Waals surface area contributed by atoms with Crippen molar-refractivity contribution < 1.29 is 9.18 Å². The predicted molar refractivity (Wildman–Crippen MR) is 89.2 cm³/mol. The molecule has 3 heteroatoms. The van der Waals surface area contributed by atoms with Gasteiger partial charge in [0.15, 0.2) is 5.78 Å². The molecule has 0 bridgehead atoms. The first-order valence-electron chi connectivity index (χ1n) is 7.97. The Bertz CT molecular complexity index is 811. The third-order valence-electron chi connectivity index (χ3n) is 5.01. The Morgan fingerprint density at radius 2 is 2.00 bits per heavy atom. The molecule has 2 nitrogen and oxygen atoms in total. The van der Waals surface area contributed by atoms with Gasteiger partial charge in [-0.05, 0) is 49.1 Å². The molecule has 1 aliphatic carbocycles. The summed E-state index contributed by atoms with van der Waals surface area (Å²) in [6, 6.07) is 12.7. The van der Waals surface area contributed by atoms with Crippen LogP contribution in [0.15, 0.2) is 54.6 Å². The Morgan fingerprint density at radius 1 is 1.17 bits per heavy atom. The number of nitrogens with one attached hydrogen (secondary N) is 1. The van der Waals surface area contributed by atoms with Gasteiger partial charge in [-0.25, -0.2) is 4.39 Å². The third-order valence-corrected chi connectivity index (χ3v) is 5.01. The molecule has 2 aromatic carbocycles. The minimum atomic E-state index is -0.167. The van der Waals surface area contributed by atoms with Crippen LogP contribution in [0.1, 0.15) is 46.8 Å². The maximum Gasteiger partial charge on any atom is 0.159 e. The van der Waals surface area contributed by atoms with Gasteiger partial charge >= 0.3 is 0 Å². The van der Waals surface area contributed by atoms with E-state index in [0.29, 0.717) is 5.56 Å². The highest BCUT2D eigenvalue weighted by Crippen LogP contribution is 2.50. The molecule has 1 heterocycles. The highest BCUT2D eigenvalue weighted by atomic mass is 19.1. The number of carbonyl (C=O) groups excluding carboxylic acids is 1. The first-order valence-corrected chi connectivity index (χ1v) is 7.97. The largest absolute Gasteiger partial charge is 0.378 e. The fraction of sp³-hybridized carbons (Fsp3) is 0.250. The molecule has 0 fully saturated rings. The molecule has 23 heavy (non-hydrogen) atoms. The number of hydrogen-bond acceptors (Lipinski definition) is 2. The number of Topliss-reactive ketones (excluding diaryl/α,β-unsaturated/α-hetero) is 1. The van der Waals surface area contributed by atoms with E-state index in [4.69, 9.17) is 0 Å². The maximum atomic E-state index is 14.3. The summed E-state index contributed by atoms with van der Waals surface area (Å²) >= 11 is 0. The Morgan fingerprint density at radius 3 is 2.78 bits per heavy atom. The van der Waals surface area contributed by atoms with Gasteiger partial charge in [0, 0.05) is 22.7 Å². The van der Waals surface area contributed by atoms with Crippen molar-refractivity contribution in [2.75, 3.05) is 5.32 Å². The molecule has 0 aromatic heterocycles. The van der Waals surface area contributed by atoms with Crippen molar-refractivity contribution in [2.24, 2.45) is 5.92 Å². The fourth-order valence-electron chi connectivity index (χ4n) is 3.85. The molecule has 3 atom stereocenters. The first kappa shape index (κ1) is 14.2. The van der Waals surface area contributed by atoms with Crippen LogP contribution in [0.3, 0.4) is 0 Å². The molecule has 116 valence electrons. The number of rotatable bonds is 2. The van der Waals surface area contributed by atoms with Gasteiger partial charge < -0.3 is 5.32 Å². The van der Waals surface area contributed by atoms with Crippen molar-refractivity contribution in [1.29, 1.82) is 0 Å². The van der Waals surface area contributed by atoms with E-state index in [1.807, 2.05) is 30.3 Å². The lowest BCUT2D eigenvalue weighted by atomic mass is 9.76. The van der Waals surface area contributed by atoms with Crippen LogP contribution in [-0.4, -0.2) is 5.78 Å². The summed E-state index contributed by atoms with van der Waals surface area (Å²) < 4.78 is 14.3. The Kier molecular flexibility index (Phi) is 3.29. The van der Waals surface area contributed by atoms with Crippen molar-refractivity contribution >= 4 is 11.5 Å². The molecule has 4 rings (SSSR count). The van der Waals surface area contributed by atoms with Gasteiger partial charge in [0.1, 0.15) is 5.82 Å². The molecule has 0 saturated heterocycles. The minimum absolute atomic E-state index is 0.0492. The Balaban J connectivity index is 1.81. The Hall–Kier alpha value is -2.42. The summed E-state index contributed by atoms with van der Waals surface area (Å²) in [6.45, 7) is 1.59. The fourth-order valence-corrected chi connectivity index (χ4v) is 3.85. The van der Waals surface area contributed by atoms with Gasteiger partial charge in [-0.3, -0.25) is 4.79 Å². The van der Waals surface area contributed by atoms with E-state index in [1.165, 1.54) is 6.07 Å². The highest BCUT2D eigenvalue weighted by Gasteiger charge is 2.38. The highest BCUT2D eigenvalue weighted by molar-refractivity contribution is 5.95. The zero-order chi connectivity index (χ0) is 16.0. The van der Waals surface area contributed by atoms with Crippen molar-refractivity contribution in [3.63, 3.8) is 0 Å². The van der Waals surface area contributed by atoms with E-state index >= 15 is 0 Å². The molecule has 3 unspecified atom stereocenters. The topological polar surface area (TPSA) is 29.1 Å². The zero-order valence-electron chi connectivity index (χ0n) is 12.9. The van der Waals surface area contributed by atoms with Gasteiger partial charge in [-0.2, -0.15) is 0 Å². The normalized spacial score (nSPS) is 24.7. The van der Waals surface area contributed by atoms with Crippen LogP contribution in [-0.2, 0) is 0 Å². The first-order chi connectivity index (χ1) is 11.1. The summed E-state index contributed by atoms with van der Waals surface area (Å²) in [5.41, 5.74) is 3.58. The van der Waals surface area contributed by atoms with Crippen molar-refractivity contribution in [3.8, 4) is 0 Å². The van der Waals surface area contributed by atoms with Gasteiger partial charge in [-0.1, -0.05) is 30.4 Å². The number of anilines is 1. The van der Waals surface area contributed by atoms with Crippen LogP contribution in [0.25, 0.3) is 0 Å². The molecule has 0 amide bonds. The predicted octanol–water partition coefficient (Wildman–Crippen LogP) is 4.85. The standard InChI is InChI=1S/C20H18FNO/c1-12(23)13-9-10-19-17(11-13)14-6-4-7-15(14)20(22-19)16-5-2-3-8-18(16)21/h2-6,8-11,14-15,20,22H,7H2,1H3. The van der Waals surface area contributed by atoms with Crippen molar-refractivity contribution in [3.05, 3.63) is 77.1 Å². The monoisotopic (exact) mass is 307 g/mol. The lowest BCUT2D eigenvalue weighted by Crippen LogP contribution is -2.29. The summed E-state index contributed by atoms with van der Waals surface area (Å²) in [4.78, 5) is 11.7. The van der Waals surface area contributed by atoms with Gasteiger partial charge in [0.2, 0.25) is 0 Å². The molecule has 1 N–H and O–H groups in total. The number of carbonyl (C=O) groups is 1. The smallest absolute Gasteiger partial charge is 0.159 e. The molecule has 2 aliphatic rings. The van der Waals surface area contributed by atoms with Crippen LogP contribution >= 0.6 is 0 Å². The van der Waals surface area contributed by atoms with E-state index < -0.39 is 0 Å². The van der Waals surface area contributed by atoms with Crippen molar-refractivity contribution in [2.45, 2.75) is 25.3 Å². The van der Waals surface area contributed by atoms with Crippen LogP contribution < -0.4 is 5.32 Å². The van der Waals surface area contributed by atoms with Gasteiger partial charge in [0.05, 0.1) is 6.04 Å². The molecular weight excluding hydrogens is 289 g/mol. The average molecular weight is 307 g/mol. The molecule has 0 saturated carbocycles. The summed E-state index contributed by atoms with van der Waals surface area (Å²) in [5.74, 6) is 0.416. The minimum Gasteiger partial charge on any atom is -0.378 e. The van der Waals surface area contributed by atoms with E-state index in [0.717, 1.165) is 23.2 Å². The second kappa shape index (κ2) is 5.34.